The molecule has 0 unspecified atom stereocenters. The molecule has 0 saturated heterocycles. The van der Waals surface area contributed by atoms with E-state index in [-0.39, 0.29) is 5.56 Å². The van der Waals surface area contributed by atoms with Crippen LogP contribution in [0.3, 0.4) is 0 Å². The van der Waals surface area contributed by atoms with Gasteiger partial charge in [0.1, 0.15) is 0 Å². The van der Waals surface area contributed by atoms with Crippen LogP contribution in [-0.4, -0.2) is 40.8 Å². The molecule has 0 fully saturated rings. The van der Waals surface area contributed by atoms with Crippen molar-refractivity contribution in [1.82, 2.24) is 14.5 Å². The van der Waals surface area contributed by atoms with E-state index in [2.05, 4.69) is 9.98 Å². The molecule has 0 aliphatic heterocycles. The lowest BCUT2D eigenvalue weighted by molar-refractivity contribution is 0.0952. The van der Waals surface area contributed by atoms with Gasteiger partial charge in [-0.1, -0.05) is 0 Å². The largest absolute Gasteiger partial charge is 0.369 e. The molecule has 0 saturated carbocycles. The average molecular weight is 324 g/mol. The van der Waals surface area contributed by atoms with Crippen LogP contribution in [-0.2, 0) is 0 Å². The molecule has 2 rings (SSSR count). The van der Waals surface area contributed by atoms with E-state index in [4.69, 9.17) is 0 Å². The molecule has 1 heterocycles. The molecule has 0 amide bonds. The summed E-state index contributed by atoms with van der Waals surface area (Å²) in [5, 5.41) is 0. The zero-order valence-corrected chi connectivity index (χ0v) is 12.1. The zero-order valence-electron chi connectivity index (χ0n) is 12.1. The molecule has 0 spiro atoms. The van der Waals surface area contributed by atoms with Crippen LogP contribution < -0.4 is 5.69 Å². The SMILES string of the molecule is CN(C)C=Nc1nc(=O)n(C(=O)c2ccc(F)c(F)c2)cc1F. The topological polar surface area (TPSA) is 67.6 Å². The molecule has 0 N–H and O–H groups in total. The Hall–Kier alpha value is -2.97. The van der Waals surface area contributed by atoms with Gasteiger partial charge in [-0.05, 0) is 18.2 Å². The summed E-state index contributed by atoms with van der Waals surface area (Å²) in [6.45, 7) is 0. The molecule has 0 aliphatic carbocycles. The molecule has 9 heteroatoms. The van der Waals surface area contributed by atoms with Crippen molar-refractivity contribution in [2.45, 2.75) is 0 Å². The molecule has 0 aliphatic rings. The van der Waals surface area contributed by atoms with E-state index in [0.29, 0.717) is 16.8 Å². The zero-order chi connectivity index (χ0) is 17.1. The summed E-state index contributed by atoms with van der Waals surface area (Å²) in [4.78, 5) is 32.4. The van der Waals surface area contributed by atoms with Gasteiger partial charge < -0.3 is 4.90 Å². The van der Waals surface area contributed by atoms with E-state index in [1.807, 2.05) is 0 Å². The second-order valence-corrected chi connectivity index (χ2v) is 4.71. The second kappa shape index (κ2) is 6.42. The van der Waals surface area contributed by atoms with E-state index in [0.717, 1.165) is 12.1 Å². The van der Waals surface area contributed by atoms with E-state index in [9.17, 15) is 22.8 Å². The summed E-state index contributed by atoms with van der Waals surface area (Å²) < 4.78 is 40.2. The number of carbonyl (C=O) groups excluding carboxylic acids is 1. The number of benzene rings is 1. The van der Waals surface area contributed by atoms with Gasteiger partial charge in [-0.2, -0.15) is 4.98 Å². The van der Waals surface area contributed by atoms with Gasteiger partial charge in [0.25, 0.3) is 5.91 Å². The van der Waals surface area contributed by atoms with E-state index in [1.54, 1.807) is 14.1 Å². The van der Waals surface area contributed by atoms with Crippen LogP contribution in [0.25, 0.3) is 0 Å². The van der Waals surface area contributed by atoms with Gasteiger partial charge in [-0.25, -0.2) is 27.5 Å². The van der Waals surface area contributed by atoms with Crippen molar-refractivity contribution in [3.8, 4) is 0 Å². The predicted octanol–water partition coefficient (Wildman–Crippen LogP) is 1.57. The van der Waals surface area contributed by atoms with Gasteiger partial charge in [0, 0.05) is 19.7 Å². The number of hydrogen-bond donors (Lipinski definition) is 0. The molecule has 6 nitrogen and oxygen atoms in total. The van der Waals surface area contributed by atoms with Gasteiger partial charge in [-0.3, -0.25) is 4.79 Å². The van der Waals surface area contributed by atoms with Gasteiger partial charge in [-0.15, -0.1) is 0 Å². The summed E-state index contributed by atoms with van der Waals surface area (Å²) in [7, 11) is 3.27. The predicted molar refractivity (Wildman–Crippen MR) is 76.4 cm³/mol. The highest BCUT2D eigenvalue weighted by atomic mass is 19.2. The van der Waals surface area contributed by atoms with Gasteiger partial charge >= 0.3 is 5.69 Å². The van der Waals surface area contributed by atoms with Crippen molar-refractivity contribution in [1.29, 1.82) is 0 Å². The van der Waals surface area contributed by atoms with Crippen molar-refractivity contribution < 1.29 is 18.0 Å². The fraction of sp³-hybridized carbons (Fsp3) is 0.143. The molecule has 2 aromatic rings. The van der Waals surface area contributed by atoms with Crippen molar-refractivity contribution >= 4 is 18.1 Å². The van der Waals surface area contributed by atoms with Crippen LogP contribution in [0.15, 0.2) is 34.2 Å². The van der Waals surface area contributed by atoms with Crippen LogP contribution in [0.2, 0.25) is 0 Å². The molecular weight excluding hydrogens is 313 g/mol. The first-order valence-corrected chi connectivity index (χ1v) is 6.29. The third-order valence-electron chi connectivity index (χ3n) is 2.66. The van der Waals surface area contributed by atoms with Gasteiger partial charge in [0.05, 0.1) is 12.5 Å². The van der Waals surface area contributed by atoms with Gasteiger partial charge in [0.15, 0.2) is 23.3 Å². The van der Waals surface area contributed by atoms with Crippen LogP contribution in [0, 0.1) is 17.5 Å². The lowest BCUT2D eigenvalue weighted by Crippen LogP contribution is -2.29. The number of rotatable bonds is 3. The van der Waals surface area contributed by atoms with Crippen LogP contribution >= 0.6 is 0 Å². The minimum Gasteiger partial charge on any atom is -0.369 e. The summed E-state index contributed by atoms with van der Waals surface area (Å²) in [6, 6.07) is 2.32. The van der Waals surface area contributed by atoms with Gasteiger partial charge in [0.2, 0.25) is 0 Å². The van der Waals surface area contributed by atoms with E-state index in [1.165, 1.54) is 11.2 Å². The van der Waals surface area contributed by atoms with E-state index < -0.39 is 34.9 Å². The third-order valence-corrected chi connectivity index (χ3v) is 2.66. The quantitative estimate of drug-likeness (QED) is 0.635. The fourth-order valence-corrected chi connectivity index (χ4v) is 1.60. The van der Waals surface area contributed by atoms with Crippen LogP contribution in [0.1, 0.15) is 10.4 Å². The lowest BCUT2D eigenvalue weighted by atomic mass is 10.2. The number of halogens is 3. The number of nitrogens with zero attached hydrogens (tertiary/aromatic N) is 4. The highest BCUT2D eigenvalue weighted by molar-refractivity contribution is 5.95. The minimum absolute atomic E-state index is 0.322. The number of hydrogen-bond acceptors (Lipinski definition) is 4. The van der Waals surface area contributed by atoms with Crippen molar-refractivity contribution in [2.24, 2.45) is 4.99 Å². The van der Waals surface area contributed by atoms with Crippen molar-refractivity contribution in [3.63, 3.8) is 0 Å². The summed E-state index contributed by atoms with van der Waals surface area (Å²) >= 11 is 0. The number of aromatic nitrogens is 2. The molecule has 0 radical (unpaired) electrons. The monoisotopic (exact) mass is 324 g/mol. The number of aliphatic imine (C=N–C) groups is 1. The molecule has 0 bridgehead atoms. The highest BCUT2D eigenvalue weighted by Crippen LogP contribution is 2.13. The first-order valence-electron chi connectivity index (χ1n) is 6.29. The Labute approximate surface area is 128 Å². The maximum Gasteiger partial charge on any atom is 0.356 e. The third kappa shape index (κ3) is 3.62. The van der Waals surface area contributed by atoms with Crippen molar-refractivity contribution in [2.75, 3.05) is 14.1 Å². The summed E-state index contributed by atoms with van der Waals surface area (Å²) in [6.07, 6.45) is 1.83. The van der Waals surface area contributed by atoms with Crippen LogP contribution in [0.5, 0.6) is 0 Å². The smallest absolute Gasteiger partial charge is 0.356 e. The maximum atomic E-state index is 13.9. The minimum atomic E-state index is -1.26. The Balaban J connectivity index is 2.44. The Morgan fingerprint density at radius 2 is 1.91 bits per heavy atom. The second-order valence-electron chi connectivity index (χ2n) is 4.71. The Morgan fingerprint density at radius 1 is 1.22 bits per heavy atom. The van der Waals surface area contributed by atoms with Crippen LogP contribution in [0.4, 0.5) is 19.0 Å². The first-order chi connectivity index (χ1) is 10.8. The maximum absolute atomic E-state index is 13.9. The Bertz CT molecular complexity index is 846. The summed E-state index contributed by atoms with van der Waals surface area (Å²) in [5.41, 5.74) is -1.41. The Kier molecular flexibility index (Phi) is 4.58. The lowest BCUT2D eigenvalue weighted by Gasteiger charge is -2.06. The first kappa shape index (κ1) is 16.4. The average Bonchev–Trinajstić information content (AvgIpc) is 2.49. The molecule has 1 aromatic carbocycles. The molecular formula is C14H11F3N4O2. The normalized spacial score (nSPS) is 11.0. The highest BCUT2D eigenvalue weighted by Gasteiger charge is 2.16. The molecule has 1 aromatic heterocycles. The fourth-order valence-electron chi connectivity index (χ4n) is 1.60. The van der Waals surface area contributed by atoms with Crippen molar-refractivity contribution in [3.05, 3.63) is 57.9 Å². The molecule has 0 atom stereocenters. The molecule has 120 valence electrons. The Morgan fingerprint density at radius 3 is 2.52 bits per heavy atom. The van der Waals surface area contributed by atoms with E-state index >= 15 is 0 Å². The molecule has 23 heavy (non-hydrogen) atoms. The standard InChI is InChI=1S/C14H11F3N4O2/c1-20(2)7-18-12-11(17)6-21(14(23)19-12)13(22)8-3-4-9(15)10(16)5-8/h3-7H,1-2H3. The number of carbonyl (C=O) groups is 1. The summed E-state index contributed by atoms with van der Waals surface area (Å²) in [5.74, 6) is -4.95.